The predicted molar refractivity (Wildman–Crippen MR) is 65.4 cm³/mol. The number of imidazole rings is 1. The minimum Gasteiger partial charge on any atom is -0.282 e. The van der Waals surface area contributed by atoms with Crippen LogP contribution in [0.25, 0.3) is 0 Å². The molecule has 1 atom stereocenters. The Morgan fingerprint density at radius 3 is 2.88 bits per heavy atom. The minimum absolute atomic E-state index is 0.0375. The molecule has 1 unspecified atom stereocenters. The van der Waals surface area contributed by atoms with Crippen molar-refractivity contribution in [3.8, 4) is 0 Å². The third-order valence-electron chi connectivity index (χ3n) is 1.83. The molecular weight excluding hydrogens is 285 g/mol. The number of aromatic nitrogens is 3. The van der Waals surface area contributed by atoms with Gasteiger partial charge in [-0.2, -0.15) is 0 Å². The van der Waals surface area contributed by atoms with E-state index in [2.05, 4.69) is 9.82 Å². The van der Waals surface area contributed by atoms with Crippen LogP contribution < -0.4 is 10.3 Å². The lowest BCUT2D eigenvalue weighted by atomic mass is 10.5. The molecule has 0 radical (unpaired) electrons. The molecule has 0 aromatic carbocycles. The maximum atomic E-state index is 11.8. The standard InChI is InChI=1S/C8H7Cl2N5OS/c9-6-3-7(10)8(11)15(4-6)13-17(16)14-2-1-12-5-14/h1-5,11,13H. The molecule has 0 aliphatic rings. The second-order valence-corrected chi connectivity index (χ2v) is 4.93. The maximum absolute atomic E-state index is 11.8. The summed E-state index contributed by atoms with van der Waals surface area (Å²) in [4.78, 5) is 6.31. The Hall–Kier alpha value is -1.31. The first-order valence-electron chi connectivity index (χ1n) is 4.37. The Balaban J connectivity index is 2.31. The number of hydrogen-bond donors (Lipinski definition) is 2. The molecule has 0 aliphatic heterocycles. The molecule has 2 N–H and O–H groups in total. The van der Waals surface area contributed by atoms with E-state index >= 15 is 0 Å². The van der Waals surface area contributed by atoms with Gasteiger partial charge in [-0.1, -0.05) is 23.2 Å². The number of nitrogens with zero attached hydrogens (tertiary/aromatic N) is 3. The van der Waals surface area contributed by atoms with Crippen molar-refractivity contribution in [2.24, 2.45) is 0 Å². The average Bonchev–Trinajstić information content (AvgIpc) is 2.78. The summed E-state index contributed by atoms with van der Waals surface area (Å²) in [5.41, 5.74) is -0.0375. The van der Waals surface area contributed by atoms with E-state index in [1.807, 2.05) is 0 Å². The molecule has 2 aromatic heterocycles. The van der Waals surface area contributed by atoms with Gasteiger partial charge in [0.15, 0.2) is 5.49 Å². The zero-order valence-corrected chi connectivity index (χ0v) is 10.6. The van der Waals surface area contributed by atoms with Crippen molar-refractivity contribution < 1.29 is 4.21 Å². The lowest BCUT2D eigenvalue weighted by Gasteiger charge is -2.10. The van der Waals surface area contributed by atoms with Gasteiger partial charge in [-0.3, -0.25) is 5.41 Å². The molecular formula is C8H7Cl2N5OS. The van der Waals surface area contributed by atoms with E-state index in [9.17, 15) is 4.21 Å². The molecule has 0 spiro atoms. The van der Waals surface area contributed by atoms with Crippen molar-refractivity contribution in [2.75, 3.05) is 4.83 Å². The quantitative estimate of drug-likeness (QED) is 0.890. The van der Waals surface area contributed by atoms with Crippen LogP contribution in [0, 0.1) is 5.41 Å². The van der Waals surface area contributed by atoms with Gasteiger partial charge < -0.3 is 0 Å². The van der Waals surface area contributed by atoms with E-state index in [1.165, 1.54) is 39.6 Å². The number of halogens is 2. The summed E-state index contributed by atoms with van der Waals surface area (Å²) in [6.07, 6.45) is 5.82. The Morgan fingerprint density at radius 2 is 2.24 bits per heavy atom. The van der Waals surface area contributed by atoms with Crippen LogP contribution in [0.1, 0.15) is 0 Å². The molecule has 0 bridgehead atoms. The molecule has 90 valence electrons. The maximum Gasteiger partial charge on any atom is 0.243 e. The van der Waals surface area contributed by atoms with Crippen LogP contribution in [0.5, 0.6) is 0 Å². The Bertz CT molecular complexity index is 609. The van der Waals surface area contributed by atoms with Gasteiger partial charge in [-0.25, -0.2) is 22.7 Å². The van der Waals surface area contributed by atoms with Gasteiger partial charge in [0.1, 0.15) is 6.33 Å². The predicted octanol–water partition coefficient (Wildman–Crippen LogP) is 1.14. The van der Waals surface area contributed by atoms with Crippen LogP contribution in [-0.2, 0) is 11.2 Å². The third kappa shape index (κ3) is 2.68. The van der Waals surface area contributed by atoms with Crippen molar-refractivity contribution in [1.29, 1.82) is 5.41 Å². The molecule has 0 fully saturated rings. The molecule has 6 nitrogen and oxygen atoms in total. The largest absolute Gasteiger partial charge is 0.282 e. The van der Waals surface area contributed by atoms with Crippen LogP contribution >= 0.6 is 23.2 Å². The number of pyridine rings is 1. The van der Waals surface area contributed by atoms with Crippen molar-refractivity contribution in [3.05, 3.63) is 46.5 Å². The first-order chi connectivity index (χ1) is 8.08. The highest BCUT2D eigenvalue weighted by atomic mass is 35.5. The molecule has 0 saturated carbocycles. The summed E-state index contributed by atoms with van der Waals surface area (Å²) in [5, 5.41) is 8.16. The number of nitrogens with one attached hydrogen (secondary N) is 2. The monoisotopic (exact) mass is 291 g/mol. The molecule has 17 heavy (non-hydrogen) atoms. The van der Waals surface area contributed by atoms with Crippen molar-refractivity contribution in [3.63, 3.8) is 0 Å². The van der Waals surface area contributed by atoms with Gasteiger partial charge in [0.05, 0.1) is 10.0 Å². The Morgan fingerprint density at radius 1 is 1.47 bits per heavy atom. The van der Waals surface area contributed by atoms with E-state index in [1.54, 1.807) is 0 Å². The summed E-state index contributed by atoms with van der Waals surface area (Å²) in [5.74, 6) is 0. The van der Waals surface area contributed by atoms with E-state index in [0.717, 1.165) is 0 Å². The highest BCUT2D eigenvalue weighted by Crippen LogP contribution is 2.10. The molecule has 2 heterocycles. The second kappa shape index (κ2) is 4.91. The SMILES string of the molecule is N=c1c(Cl)cc(Cl)cn1NS(=O)n1ccnc1. The molecule has 2 rings (SSSR count). The average molecular weight is 292 g/mol. The van der Waals surface area contributed by atoms with Gasteiger partial charge in [-0.15, -0.1) is 0 Å². The van der Waals surface area contributed by atoms with Gasteiger partial charge >= 0.3 is 0 Å². The van der Waals surface area contributed by atoms with Crippen LogP contribution in [-0.4, -0.2) is 17.8 Å². The summed E-state index contributed by atoms with van der Waals surface area (Å²) in [7, 11) is 0. The van der Waals surface area contributed by atoms with Gasteiger partial charge in [0, 0.05) is 18.6 Å². The fourth-order valence-corrected chi connectivity index (χ4v) is 2.26. The molecule has 0 aliphatic carbocycles. The fourth-order valence-electron chi connectivity index (χ4n) is 1.08. The van der Waals surface area contributed by atoms with E-state index in [-0.39, 0.29) is 10.5 Å². The highest BCUT2D eigenvalue weighted by Gasteiger charge is 2.05. The zero-order chi connectivity index (χ0) is 12.4. The summed E-state index contributed by atoms with van der Waals surface area (Å²) < 4.78 is 14.3. The summed E-state index contributed by atoms with van der Waals surface area (Å²) in [6.45, 7) is 0. The number of hydrogen-bond acceptors (Lipinski definition) is 3. The van der Waals surface area contributed by atoms with Gasteiger partial charge in [-0.05, 0) is 6.07 Å². The van der Waals surface area contributed by atoms with E-state index in [0.29, 0.717) is 5.02 Å². The van der Waals surface area contributed by atoms with Crippen LogP contribution in [0.3, 0.4) is 0 Å². The first-order valence-corrected chi connectivity index (χ1v) is 6.23. The molecule has 0 amide bonds. The van der Waals surface area contributed by atoms with E-state index < -0.39 is 11.2 Å². The normalized spacial score (nSPS) is 12.4. The lowest BCUT2D eigenvalue weighted by molar-refractivity contribution is 0.674. The highest BCUT2D eigenvalue weighted by molar-refractivity contribution is 7.84. The second-order valence-electron chi connectivity index (χ2n) is 2.99. The van der Waals surface area contributed by atoms with E-state index in [4.69, 9.17) is 28.6 Å². The van der Waals surface area contributed by atoms with Crippen molar-refractivity contribution in [2.45, 2.75) is 0 Å². The molecule has 0 saturated heterocycles. The summed E-state index contributed by atoms with van der Waals surface area (Å²) in [6, 6.07) is 1.43. The fraction of sp³-hybridized carbons (Fsp3) is 0. The topological polar surface area (TPSA) is 75.7 Å². The zero-order valence-electron chi connectivity index (χ0n) is 8.30. The van der Waals surface area contributed by atoms with Crippen molar-refractivity contribution >= 4 is 34.4 Å². The van der Waals surface area contributed by atoms with Crippen molar-refractivity contribution in [1.82, 2.24) is 13.6 Å². The number of rotatable bonds is 3. The smallest absolute Gasteiger partial charge is 0.243 e. The molecule has 9 heteroatoms. The lowest BCUT2D eigenvalue weighted by Crippen LogP contribution is -2.32. The van der Waals surface area contributed by atoms with Crippen LogP contribution in [0.2, 0.25) is 10.0 Å². The van der Waals surface area contributed by atoms with Crippen LogP contribution in [0.15, 0.2) is 31.0 Å². The third-order valence-corrected chi connectivity index (χ3v) is 3.28. The Kier molecular flexibility index (Phi) is 3.51. The molecule has 2 aromatic rings. The van der Waals surface area contributed by atoms with Gasteiger partial charge in [0.2, 0.25) is 11.2 Å². The minimum atomic E-state index is -1.60. The first kappa shape index (κ1) is 12.2. The Labute approximate surface area is 109 Å². The van der Waals surface area contributed by atoms with Gasteiger partial charge in [0.25, 0.3) is 0 Å². The van der Waals surface area contributed by atoms with Crippen LogP contribution in [0.4, 0.5) is 0 Å². The summed E-state index contributed by atoms with van der Waals surface area (Å²) >= 11 is 9.96.